The number of nitrogens with one attached hydrogen (secondary N) is 2. The van der Waals surface area contributed by atoms with Crippen LogP contribution in [-0.4, -0.2) is 43.5 Å². The molecule has 7 nitrogen and oxygen atoms in total. The lowest BCUT2D eigenvalue weighted by Gasteiger charge is -2.16. The van der Waals surface area contributed by atoms with Crippen LogP contribution in [0.4, 0.5) is 10.5 Å². The predicted molar refractivity (Wildman–Crippen MR) is 70.9 cm³/mol. The van der Waals surface area contributed by atoms with Gasteiger partial charge in [-0.2, -0.15) is 0 Å². The summed E-state index contributed by atoms with van der Waals surface area (Å²) >= 11 is 0. The van der Waals surface area contributed by atoms with Gasteiger partial charge in [-0.25, -0.2) is 4.79 Å². The molecule has 108 valence electrons. The molecule has 1 aliphatic heterocycles. The third kappa shape index (κ3) is 3.39. The number of carboxylic acids is 1. The Balaban J connectivity index is 1.93. The molecule has 1 fully saturated rings. The van der Waals surface area contributed by atoms with Crippen LogP contribution in [0.25, 0.3) is 0 Å². The van der Waals surface area contributed by atoms with Crippen LogP contribution >= 0.6 is 0 Å². The molecule has 1 aliphatic rings. The number of amides is 2. The number of benzene rings is 1. The highest BCUT2D eigenvalue weighted by Crippen LogP contribution is 2.17. The van der Waals surface area contributed by atoms with Crippen molar-refractivity contribution in [3.05, 3.63) is 24.3 Å². The Morgan fingerprint density at radius 1 is 1.40 bits per heavy atom. The number of carbonyl (C=O) groups excluding carboxylic acids is 1. The molecule has 1 aromatic carbocycles. The van der Waals surface area contributed by atoms with E-state index >= 15 is 0 Å². The average Bonchev–Trinajstić information content (AvgIpc) is 2.87. The zero-order chi connectivity index (χ0) is 14.5. The van der Waals surface area contributed by atoms with Gasteiger partial charge < -0.3 is 25.2 Å². The maximum absolute atomic E-state index is 11.8. The first-order valence-corrected chi connectivity index (χ1v) is 6.12. The number of urea groups is 1. The number of rotatable bonds is 4. The molecule has 0 bridgehead atoms. The molecule has 0 spiro atoms. The molecule has 3 N–H and O–H groups in total. The fourth-order valence-electron chi connectivity index (χ4n) is 1.98. The van der Waals surface area contributed by atoms with Crippen molar-refractivity contribution in [3.63, 3.8) is 0 Å². The zero-order valence-corrected chi connectivity index (χ0v) is 11.0. The number of methoxy groups -OCH3 is 1. The minimum atomic E-state index is -0.978. The van der Waals surface area contributed by atoms with Crippen LogP contribution in [0.5, 0.6) is 5.75 Å². The van der Waals surface area contributed by atoms with Gasteiger partial charge in [0.05, 0.1) is 26.4 Å². The van der Waals surface area contributed by atoms with Gasteiger partial charge in [-0.15, -0.1) is 0 Å². The highest BCUT2D eigenvalue weighted by molar-refractivity contribution is 5.90. The smallest absolute Gasteiger partial charge is 0.319 e. The second-order valence-corrected chi connectivity index (χ2v) is 4.42. The van der Waals surface area contributed by atoms with Crippen molar-refractivity contribution in [3.8, 4) is 5.75 Å². The van der Waals surface area contributed by atoms with E-state index in [9.17, 15) is 9.59 Å². The summed E-state index contributed by atoms with van der Waals surface area (Å²) in [7, 11) is 1.53. The monoisotopic (exact) mass is 280 g/mol. The lowest BCUT2D eigenvalue weighted by Crippen LogP contribution is -2.44. The fraction of sp³-hybridized carbons (Fsp3) is 0.385. The van der Waals surface area contributed by atoms with Crippen molar-refractivity contribution in [1.82, 2.24) is 5.32 Å². The predicted octanol–water partition coefficient (Wildman–Crippen LogP) is 0.916. The SMILES string of the molecule is COc1cccc(NC(=O)NC2COCC2C(=O)O)c1. The van der Waals surface area contributed by atoms with Crippen LogP contribution in [0.1, 0.15) is 0 Å². The van der Waals surface area contributed by atoms with E-state index in [-0.39, 0.29) is 13.2 Å². The van der Waals surface area contributed by atoms with Gasteiger partial charge in [0.25, 0.3) is 0 Å². The minimum Gasteiger partial charge on any atom is -0.497 e. The summed E-state index contributed by atoms with van der Waals surface area (Å²) < 4.78 is 10.1. The Labute approximate surface area is 115 Å². The Morgan fingerprint density at radius 2 is 2.20 bits per heavy atom. The Kier molecular flexibility index (Phi) is 4.41. The number of anilines is 1. The lowest BCUT2D eigenvalue weighted by molar-refractivity contribution is -0.142. The van der Waals surface area contributed by atoms with Crippen LogP contribution in [0.3, 0.4) is 0 Å². The summed E-state index contributed by atoms with van der Waals surface area (Å²) in [5.74, 6) is -1.07. The normalized spacial score (nSPS) is 21.2. The molecule has 2 amide bonds. The molecule has 0 aliphatic carbocycles. The van der Waals surface area contributed by atoms with Gasteiger partial charge in [0, 0.05) is 11.8 Å². The van der Waals surface area contributed by atoms with Gasteiger partial charge >= 0.3 is 12.0 Å². The molecule has 20 heavy (non-hydrogen) atoms. The van der Waals surface area contributed by atoms with Gasteiger partial charge in [0.2, 0.25) is 0 Å². The van der Waals surface area contributed by atoms with E-state index in [4.69, 9.17) is 14.6 Å². The zero-order valence-electron chi connectivity index (χ0n) is 11.0. The Hall–Kier alpha value is -2.28. The van der Waals surface area contributed by atoms with Crippen molar-refractivity contribution < 1.29 is 24.2 Å². The first kappa shape index (κ1) is 14.1. The van der Waals surface area contributed by atoms with E-state index in [1.807, 2.05) is 0 Å². The second kappa shape index (κ2) is 6.25. The van der Waals surface area contributed by atoms with Crippen molar-refractivity contribution in [2.24, 2.45) is 5.92 Å². The minimum absolute atomic E-state index is 0.111. The van der Waals surface area contributed by atoms with Gasteiger partial charge in [0.15, 0.2) is 0 Å². The van der Waals surface area contributed by atoms with Gasteiger partial charge in [-0.3, -0.25) is 4.79 Å². The number of aliphatic carboxylic acids is 1. The van der Waals surface area contributed by atoms with Crippen molar-refractivity contribution >= 4 is 17.7 Å². The topological polar surface area (TPSA) is 96.9 Å². The van der Waals surface area contributed by atoms with E-state index in [0.717, 1.165) is 0 Å². The maximum atomic E-state index is 11.8. The van der Waals surface area contributed by atoms with E-state index < -0.39 is 24.0 Å². The van der Waals surface area contributed by atoms with Crippen LogP contribution in [-0.2, 0) is 9.53 Å². The van der Waals surface area contributed by atoms with Crippen molar-refractivity contribution in [2.75, 3.05) is 25.6 Å². The lowest BCUT2D eigenvalue weighted by atomic mass is 10.0. The molecule has 1 heterocycles. The quantitative estimate of drug-likeness (QED) is 0.762. The van der Waals surface area contributed by atoms with Crippen LogP contribution in [0.15, 0.2) is 24.3 Å². The molecular weight excluding hydrogens is 264 g/mol. The third-order valence-electron chi connectivity index (χ3n) is 3.04. The highest BCUT2D eigenvalue weighted by atomic mass is 16.5. The van der Waals surface area contributed by atoms with Crippen LogP contribution in [0, 0.1) is 5.92 Å². The standard InChI is InChI=1S/C13H16N2O5/c1-19-9-4-2-3-8(5-9)14-13(18)15-11-7-20-6-10(11)12(16)17/h2-5,10-11H,6-7H2,1H3,(H,16,17)(H2,14,15,18). The van der Waals surface area contributed by atoms with E-state index in [1.165, 1.54) is 7.11 Å². The van der Waals surface area contributed by atoms with Gasteiger partial charge in [-0.05, 0) is 12.1 Å². The van der Waals surface area contributed by atoms with Gasteiger partial charge in [0.1, 0.15) is 11.7 Å². The highest BCUT2D eigenvalue weighted by Gasteiger charge is 2.35. The summed E-state index contributed by atoms with van der Waals surface area (Å²) in [6, 6.07) is 5.88. The van der Waals surface area contributed by atoms with E-state index in [1.54, 1.807) is 24.3 Å². The van der Waals surface area contributed by atoms with Crippen molar-refractivity contribution in [2.45, 2.75) is 6.04 Å². The molecule has 0 aromatic heterocycles. The number of hydrogen-bond donors (Lipinski definition) is 3. The molecule has 0 radical (unpaired) electrons. The van der Waals surface area contributed by atoms with Gasteiger partial charge in [-0.1, -0.05) is 6.07 Å². The molecule has 1 saturated heterocycles. The summed E-state index contributed by atoms with van der Waals surface area (Å²) in [6.07, 6.45) is 0. The molecule has 2 unspecified atom stereocenters. The summed E-state index contributed by atoms with van der Waals surface area (Å²) in [5, 5.41) is 14.2. The number of carbonyl (C=O) groups is 2. The third-order valence-corrected chi connectivity index (χ3v) is 3.04. The number of ether oxygens (including phenoxy) is 2. The maximum Gasteiger partial charge on any atom is 0.319 e. The number of carboxylic acid groups (broad SMARTS) is 1. The summed E-state index contributed by atoms with van der Waals surface area (Å²) in [5.41, 5.74) is 0.563. The van der Waals surface area contributed by atoms with E-state index in [2.05, 4.69) is 10.6 Å². The largest absolute Gasteiger partial charge is 0.497 e. The van der Waals surface area contributed by atoms with Crippen LogP contribution < -0.4 is 15.4 Å². The second-order valence-electron chi connectivity index (χ2n) is 4.42. The summed E-state index contributed by atoms with van der Waals surface area (Å²) in [6.45, 7) is 0.307. The molecule has 1 aromatic rings. The Morgan fingerprint density at radius 3 is 2.90 bits per heavy atom. The molecule has 0 saturated carbocycles. The first-order valence-electron chi connectivity index (χ1n) is 6.12. The molecule has 7 heteroatoms. The molecule has 2 atom stereocenters. The van der Waals surface area contributed by atoms with Crippen LogP contribution in [0.2, 0.25) is 0 Å². The Bertz CT molecular complexity index is 505. The van der Waals surface area contributed by atoms with Crippen molar-refractivity contribution in [1.29, 1.82) is 0 Å². The first-order chi connectivity index (χ1) is 9.60. The fourth-order valence-corrected chi connectivity index (χ4v) is 1.98. The van der Waals surface area contributed by atoms with E-state index in [0.29, 0.717) is 11.4 Å². The molecule has 2 rings (SSSR count). The average molecular weight is 280 g/mol. The molecular formula is C13H16N2O5. The summed E-state index contributed by atoms with van der Waals surface area (Å²) in [4.78, 5) is 22.8. The number of hydrogen-bond acceptors (Lipinski definition) is 4.